The zero-order valence-corrected chi connectivity index (χ0v) is 11.6. The molecular formula is C13H16BrFN2O. The van der Waals surface area contributed by atoms with Crippen LogP contribution in [-0.4, -0.2) is 25.0 Å². The van der Waals surface area contributed by atoms with Gasteiger partial charge in [0, 0.05) is 17.1 Å². The van der Waals surface area contributed by atoms with Gasteiger partial charge in [-0.2, -0.15) is 0 Å². The molecule has 0 saturated carbocycles. The van der Waals surface area contributed by atoms with E-state index in [0.29, 0.717) is 17.1 Å². The van der Waals surface area contributed by atoms with Gasteiger partial charge in [0.05, 0.1) is 5.56 Å². The molecule has 98 valence electrons. The average molecular weight is 315 g/mol. The van der Waals surface area contributed by atoms with E-state index in [9.17, 15) is 9.18 Å². The van der Waals surface area contributed by atoms with Crippen LogP contribution in [0.4, 0.5) is 4.39 Å². The average Bonchev–Trinajstić information content (AvgIpc) is 2.37. The molecule has 1 fully saturated rings. The van der Waals surface area contributed by atoms with E-state index in [1.54, 1.807) is 6.07 Å². The molecule has 1 aromatic carbocycles. The van der Waals surface area contributed by atoms with Crippen molar-refractivity contribution in [2.75, 3.05) is 13.1 Å². The van der Waals surface area contributed by atoms with Crippen LogP contribution in [0.15, 0.2) is 22.7 Å². The van der Waals surface area contributed by atoms with Crippen molar-refractivity contribution < 1.29 is 9.18 Å². The number of halogens is 2. The van der Waals surface area contributed by atoms with Gasteiger partial charge in [-0.15, -0.1) is 0 Å². The number of carbonyl (C=O) groups excluding carboxylic acids is 1. The summed E-state index contributed by atoms with van der Waals surface area (Å²) in [4.78, 5) is 11.8. The monoisotopic (exact) mass is 314 g/mol. The Morgan fingerprint density at radius 1 is 1.50 bits per heavy atom. The Morgan fingerprint density at radius 3 is 3.00 bits per heavy atom. The van der Waals surface area contributed by atoms with Crippen LogP contribution >= 0.6 is 15.9 Å². The van der Waals surface area contributed by atoms with Crippen LogP contribution in [0.2, 0.25) is 0 Å². The van der Waals surface area contributed by atoms with Gasteiger partial charge in [0.2, 0.25) is 0 Å². The van der Waals surface area contributed by atoms with Crippen molar-refractivity contribution in [3.63, 3.8) is 0 Å². The maximum absolute atomic E-state index is 13.6. The molecule has 0 aromatic heterocycles. The normalized spacial score (nSPS) is 19.6. The number of amides is 1. The second-order valence-electron chi connectivity index (χ2n) is 4.48. The number of piperidine rings is 1. The molecule has 5 heteroatoms. The van der Waals surface area contributed by atoms with Gasteiger partial charge in [-0.1, -0.05) is 22.4 Å². The SMILES string of the molecule is O=C(NCC1CCCCN1)c1ccc(Br)cc1F. The van der Waals surface area contributed by atoms with E-state index in [1.165, 1.54) is 25.0 Å². The van der Waals surface area contributed by atoms with E-state index in [-0.39, 0.29) is 11.5 Å². The first-order valence-corrected chi connectivity index (χ1v) is 6.93. The van der Waals surface area contributed by atoms with Crippen molar-refractivity contribution in [3.05, 3.63) is 34.1 Å². The van der Waals surface area contributed by atoms with Crippen molar-refractivity contribution >= 4 is 21.8 Å². The molecule has 1 saturated heterocycles. The van der Waals surface area contributed by atoms with Crippen LogP contribution in [0.25, 0.3) is 0 Å². The first-order chi connectivity index (χ1) is 8.66. The topological polar surface area (TPSA) is 41.1 Å². The van der Waals surface area contributed by atoms with Crippen LogP contribution in [0.3, 0.4) is 0 Å². The van der Waals surface area contributed by atoms with Crippen LogP contribution in [0.5, 0.6) is 0 Å². The second-order valence-corrected chi connectivity index (χ2v) is 5.40. The maximum atomic E-state index is 13.6. The number of hydrogen-bond acceptors (Lipinski definition) is 2. The molecule has 1 amide bonds. The molecule has 2 N–H and O–H groups in total. The lowest BCUT2D eigenvalue weighted by atomic mass is 10.1. The summed E-state index contributed by atoms with van der Waals surface area (Å²) in [5.74, 6) is -0.856. The summed E-state index contributed by atoms with van der Waals surface area (Å²) >= 11 is 3.17. The van der Waals surface area contributed by atoms with Gasteiger partial charge in [0.25, 0.3) is 5.91 Å². The number of hydrogen-bond donors (Lipinski definition) is 2. The molecule has 1 atom stereocenters. The van der Waals surface area contributed by atoms with Crippen LogP contribution < -0.4 is 10.6 Å². The highest BCUT2D eigenvalue weighted by Gasteiger charge is 2.16. The summed E-state index contributed by atoms with van der Waals surface area (Å²) in [5.41, 5.74) is 0.0917. The third-order valence-corrected chi connectivity index (χ3v) is 3.59. The van der Waals surface area contributed by atoms with E-state index in [0.717, 1.165) is 13.0 Å². The third-order valence-electron chi connectivity index (χ3n) is 3.10. The van der Waals surface area contributed by atoms with Crippen molar-refractivity contribution in [3.8, 4) is 0 Å². The number of rotatable bonds is 3. The predicted molar refractivity (Wildman–Crippen MR) is 72.1 cm³/mol. The minimum absolute atomic E-state index is 0.0917. The Balaban J connectivity index is 1.90. The van der Waals surface area contributed by atoms with Gasteiger partial charge in [-0.25, -0.2) is 4.39 Å². The van der Waals surface area contributed by atoms with E-state index >= 15 is 0 Å². The fourth-order valence-corrected chi connectivity index (χ4v) is 2.42. The summed E-state index contributed by atoms with van der Waals surface area (Å²) in [6, 6.07) is 4.76. The Hall–Kier alpha value is -0.940. The molecule has 0 aliphatic carbocycles. The Morgan fingerprint density at radius 2 is 2.33 bits per heavy atom. The highest BCUT2D eigenvalue weighted by molar-refractivity contribution is 9.10. The van der Waals surface area contributed by atoms with Gasteiger partial charge in [-0.3, -0.25) is 4.79 Å². The summed E-state index contributed by atoms with van der Waals surface area (Å²) in [7, 11) is 0. The molecule has 0 spiro atoms. The van der Waals surface area contributed by atoms with Crippen molar-refractivity contribution in [2.24, 2.45) is 0 Å². The van der Waals surface area contributed by atoms with E-state index in [2.05, 4.69) is 26.6 Å². The molecule has 1 aliphatic rings. The minimum atomic E-state index is -0.501. The second kappa shape index (κ2) is 6.29. The first kappa shape index (κ1) is 13.5. The molecule has 1 heterocycles. The molecule has 0 bridgehead atoms. The lowest BCUT2D eigenvalue weighted by Gasteiger charge is -2.23. The van der Waals surface area contributed by atoms with Crippen LogP contribution in [-0.2, 0) is 0 Å². The largest absolute Gasteiger partial charge is 0.350 e. The smallest absolute Gasteiger partial charge is 0.254 e. The highest BCUT2D eigenvalue weighted by Crippen LogP contribution is 2.15. The molecule has 2 rings (SSSR count). The molecule has 3 nitrogen and oxygen atoms in total. The number of carbonyl (C=O) groups is 1. The molecule has 1 aromatic rings. The summed E-state index contributed by atoms with van der Waals surface area (Å²) in [5, 5.41) is 6.11. The Kier molecular flexibility index (Phi) is 4.72. The maximum Gasteiger partial charge on any atom is 0.254 e. The predicted octanol–water partition coefficient (Wildman–Crippen LogP) is 2.46. The number of nitrogens with one attached hydrogen (secondary N) is 2. The first-order valence-electron chi connectivity index (χ1n) is 6.13. The Bertz CT molecular complexity index is 433. The molecular weight excluding hydrogens is 299 g/mol. The van der Waals surface area contributed by atoms with Crippen molar-refractivity contribution in [1.29, 1.82) is 0 Å². The van der Waals surface area contributed by atoms with E-state index in [4.69, 9.17) is 0 Å². The molecule has 1 unspecified atom stereocenters. The summed E-state index contributed by atoms with van der Waals surface area (Å²) < 4.78 is 14.2. The molecule has 0 radical (unpaired) electrons. The fraction of sp³-hybridized carbons (Fsp3) is 0.462. The van der Waals surface area contributed by atoms with Crippen molar-refractivity contribution in [1.82, 2.24) is 10.6 Å². The van der Waals surface area contributed by atoms with Gasteiger partial charge in [0.15, 0.2) is 0 Å². The van der Waals surface area contributed by atoms with Gasteiger partial charge in [0.1, 0.15) is 5.82 Å². The number of benzene rings is 1. The van der Waals surface area contributed by atoms with E-state index in [1.807, 2.05) is 0 Å². The highest BCUT2D eigenvalue weighted by atomic mass is 79.9. The Labute approximate surface area is 114 Å². The summed E-state index contributed by atoms with van der Waals surface area (Å²) in [6.45, 7) is 1.54. The molecule has 18 heavy (non-hydrogen) atoms. The zero-order chi connectivity index (χ0) is 13.0. The van der Waals surface area contributed by atoms with Crippen LogP contribution in [0, 0.1) is 5.82 Å². The van der Waals surface area contributed by atoms with Gasteiger partial charge < -0.3 is 10.6 Å². The van der Waals surface area contributed by atoms with Gasteiger partial charge >= 0.3 is 0 Å². The van der Waals surface area contributed by atoms with Gasteiger partial charge in [-0.05, 0) is 37.6 Å². The zero-order valence-electron chi connectivity index (χ0n) is 10.0. The lowest BCUT2D eigenvalue weighted by Crippen LogP contribution is -2.43. The lowest BCUT2D eigenvalue weighted by molar-refractivity contribution is 0.0943. The molecule has 1 aliphatic heterocycles. The van der Waals surface area contributed by atoms with E-state index < -0.39 is 5.82 Å². The fourth-order valence-electron chi connectivity index (χ4n) is 2.08. The quantitative estimate of drug-likeness (QED) is 0.900. The van der Waals surface area contributed by atoms with Crippen molar-refractivity contribution in [2.45, 2.75) is 25.3 Å². The minimum Gasteiger partial charge on any atom is -0.350 e. The third kappa shape index (κ3) is 3.53. The van der Waals surface area contributed by atoms with Crippen LogP contribution in [0.1, 0.15) is 29.6 Å². The summed E-state index contributed by atoms with van der Waals surface area (Å²) in [6.07, 6.45) is 3.43. The standard InChI is InChI=1S/C13H16BrFN2O/c14-9-4-5-11(12(15)7-9)13(18)17-8-10-3-1-2-6-16-10/h4-5,7,10,16H,1-3,6,8H2,(H,17,18).